The van der Waals surface area contributed by atoms with Crippen LogP contribution in [0.3, 0.4) is 0 Å². The Kier molecular flexibility index (Phi) is 4.64. The second-order valence-corrected chi connectivity index (χ2v) is 5.23. The van der Waals surface area contributed by atoms with E-state index in [1.54, 1.807) is 24.5 Å². The summed E-state index contributed by atoms with van der Waals surface area (Å²) in [6.45, 7) is 0. The third kappa shape index (κ3) is 3.65. The van der Waals surface area contributed by atoms with Crippen LogP contribution in [-0.4, -0.2) is 23.1 Å². The first kappa shape index (κ1) is 15.8. The molecule has 9 heteroatoms. The molecule has 1 amide bonds. The Bertz CT molecular complexity index is 742. The highest BCUT2D eigenvalue weighted by molar-refractivity contribution is 5.85. The lowest BCUT2D eigenvalue weighted by Crippen LogP contribution is -2.41. The van der Waals surface area contributed by atoms with Crippen LogP contribution in [-0.2, 0) is 4.79 Å². The summed E-state index contributed by atoms with van der Waals surface area (Å²) in [7, 11) is 0. The molecule has 2 heterocycles. The lowest BCUT2D eigenvalue weighted by atomic mass is 10.1. The smallest absolute Gasteiger partial charge is 0.269 e. The predicted octanol–water partition coefficient (Wildman–Crippen LogP) is 1.25. The molecule has 3 rings (SSSR count). The van der Waals surface area contributed by atoms with Gasteiger partial charge in [-0.1, -0.05) is 0 Å². The molecule has 24 heavy (non-hydrogen) atoms. The Morgan fingerprint density at radius 2 is 2.12 bits per heavy atom. The summed E-state index contributed by atoms with van der Waals surface area (Å²) in [6.07, 6.45) is 3.54. The number of nitrogens with one attached hydrogen (secondary N) is 3. The van der Waals surface area contributed by atoms with E-state index in [1.807, 2.05) is 6.07 Å². The van der Waals surface area contributed by atoms with Gasteiger partial charge in [0.25, 0.3) is 11.6 Å². The van der Waals surface area contributed by atoms with Gasteiger partial charge in [-0.3, -0.25) is 14.9 Å². The quantitative estimate of drug-likeness (QED) is 0.431. The van der Waals surface area contributed by atoms with Crippen molar-refractivity contribution in [2.75, 3.05) is 0 Å². The normalized spacial score (nSPS) is 20.3. The number of hydrazone groups is 1. The van der Waals surface area contributed by atoms with Crippen LogP contribution in [0.1, 0.15) is 23.8 Å². The number of hydrogen-bond donors (Lipinski definition) is 3. The standard InChI is InChI=1S/C15H15N5O4/c21-15(13-8-12(17-18-13)14-2-1-7-24-14)19-16-9-10-3-5-11(6-4-10)20(22)23/h1-7,9,12-13,17-18H,8H2,(H,19,21)/b16-9+. The van der Waals surface area contributed by atoms with Gasteiger partial charge in [-0.2, -0.15) is 5.10 Å². The fourth-order valence-electron chi connectivity index (χ4n) is 2.33. The van der Waals surface area contributed by atoms with Crippen LogP contribution in [0.2, 0.25) is 0 Å². The minimum absolute atomic E-state index is 0.00128. The van der Waals surface area contributed by atoms with Crippen molar-refractivity contribution >= 4 is 17.8 Å². The van der Waals surface area contributed by atoms with E-state index in [2.05, 4.69) is 21.4 Å². The molecule has 0 saturated carbocycles. The monoisotopic (exact) mass is 329 g/mol. The molecule has 1 aromatic carbocycles. The van der Waals surface area contributed by atoms with Crippen molar-refractivity contribution in [2.45, 2.75) is 18.5 Å². The summed E-state index contributed by atoms with van der Waals surface area (Å²) in [5.41, 5.74) is 8.97. The van der Waals surface area contributed by atoms with Crippen molar-refractivity contribution in [3.8, 4) is 0 Å². The molecule has 2 aromatic rings. The van der Waals surface area contributed by atoms with Gasteiger partial charge in [-0.05, 0) is 36.2 Å². The van der Waals surface area contributed by atoms with Gasteiger partial charge < -0.3 is 4.42 Å². The maximum absolute atomic E-state index is 12.0. The number of amides is 1. The third-order valence-corrected chi connectivity index (χ3v) is 3.60. The predicted molar refractivity (Wildman–Crippen MR) is 85.0 cm³/mol. The molecule has 1 fully saturated rings. The third-order valence-electron chi connectivity index (χ3n) is 3.60. The number of nitrogens with zero attached hydrogens (tertiary/aromatic N) is 2. The summed E-state index contributed by atoms with van der Waals surface area (Å²) in [5, 5.41) is 14.4. The van der Waals surface area contributed by atoms with Crippen molar-refractivity contribution in [1.29, 1.82) is 0 Å². The second-order valence-electron chi connectivity index (χ2n) is 5.23. The highest BCUT2D eigenvalue weighted by Crippen LogP contribution is 2.22. The fourth-order valence-corrected chi connectivity index (χ4v) is 2.33. The molecule has 1 aliphatic rings. The number of nitro benzene ring substituents is 1. The molecule has 1 aliphatic heterocycles. The number of furan rings is 1. The SMILES string of the molecule is O=C(N/N=C/c1ccc([N+](=O)[O-])cc1)C1CC(c2ccco2)NN1. The molecule has 0 radical (unpaired) electrons. The molecule has 9 nitrogen and oxygen atoms in total. The number of non-ortho nitro benzene ring substituents is 1. The number of nitro groups is 1. The number of carbonyl (C=O) groups excluding carboxylic acids is 1. The molecule has 0 aliphatic carbocycles. The maximum atomic E-state index is 12.0. The Morgan fingerprint density at radius 3 is 2.79 bits per heavy atom. The van der Waals surface area contributed by atoms with Crippen molar-refractivity contribution in [1.82, 2.24) is 16.3 Å². The molecular weight excluding hydrogens is 314 g/mol. The Balaban J connectivity index is 1.51. The van der Waals surface area contributed by atoms with Crippen molar-refractivity contribution in [3.05, 3.63) is 64.1 Å². The highest BCUT2D eigenvalue weighted by Gasteiger charge is 2.31. The zero-order valence-electron chi connectivity index (χ0n) is 12.5. The van der Waals surface area contributed by atoms with Crippen LogP contribution in [0.15, 0.2) is 52.2 Å². The minimum Gasteiger partial charge on any atom is -0.468 e. The number of hydrogen-bond acceptors (Lipinski definition) is 7. The number of rotatable bonds is 5. The van der Waals surface area contributed by atoms with Crippen LogP contribution < -0.4 is 16.3 Å². The lowest BCUT2D eigenvalue weighted by Gasteiger charge is -2.06. The topological polar surface area (TPSA) is 122 Å². The van der Waals surface area contributed by atoms with Crippen molar-refractivity contribution in [2.24, 2.45) is 5.10 Å². The van der Waals surface area contributed by atoms with Gasteiger partial charge in [0.2, 0.25) is 0 Å². The first-order chi connectivity index (χ1) is 11.6. The molecule has 0 spiro atoms. The van der Waals surface area contributed by atoms with Crippen LogP contribution in [0.25, 0.3) is 0 Å². The van der Waals surface area contributed by atoms with Gasteiger partial charge in [0.05, 0.1) is 23.4 Å². The van der Waals surface area contributed by atoms with E-state index in [0.717, 1.165) is 5.76 Å². The van der Waals surface area contributed by atoms with Crippen LogP contribution in [0.4, 0.5) is 5.69 Å². The minimum atomic E-state index is -0.475. The number of benzene rings is 1. The first-order valence-corrected chi connectivity index (χ1v) is 7.25. The first-order valence-electron chi connectivity index (χ1n) is 7.25. The van der Waals surface area contributed by atoms with E-state index in [0.29, 0.717) is 12.0 Å². The average molecular weight is 329 g/mol. The van der Waals surface area contributed by atoms with Gasteiger partial charge in [0.15, 0.2) is 0 Å². The van der Waals surface area contributed by atoms with Gasteiger partial charge >= 0.3 is 0 Å². The molecular formula is C15H15N5O4. The van der Waals surface area contributed by atoms with E-state index in [1.165, 1.54) is 18.3 Å². The summed E-state index contributed by atoms with van der Waals surface area (Å²) in [4.78, 5) is 22.1. The Labute approximate surface area is 136 Å². The van der Waals surface area contributed by atoms with Gasteiger partial charge in [-0.15, -0.1) is 0 Å². The average Bonchev–Trinajstić information content (AvgIpc) is 3.26. The second kappa shape index (κ2) is 7.02. The zero-order valence-corrected chi connectivity index (χ0v) is 12.5. The van der Waals surface area contributed by atoms with Crippen LogP contribution in [0, 0.1) is 10.1 Å². The lowest BCUT2D eigenvalue weighted by molar-refractivity contribution is -0.384. The highest BCUT2D eigenvalue weighted by atomic mass is 16.6. The van der Waals surface area contributed by atoms with Gasteiger partial charge in [0, 0.05) is 12.1 Å². The van der Waals surface area contributed by atoms with E-state index >= 15 is 0 Å². The number of carbonyl (C=O) groups is 1. The zero-order chi connectivity index (χ0) is 16.9. The van der Waals surface area contributed by atoms with E-state index in [9.17, 15) is 14.9 Å². The van der Waals surface area contributed by atoms with Crippen molar-refractivity contribution < 1.29 is 14.1 Å². The summed E-state index contributed by atoms with van der Waals surface area (Å²) in [5.74, 6) is 0.474. The molecule has 3 N–H and O–H groups in total. The molecule has 1 saturated heterocycles. The molecule has 0 bridgehead atoms. The van der Waals surface area contributed by atoms with E-state index in [4.69, 9.17) is 4.42 Å². The van der Waals surface area contributed by atoms with E-state index in [-0.39, 0.29) is 17.6 Å². The van der Waals surface area contributed by atoms with Crippen LogP contribution in [0.5, 0.6) is 0 Å². The molecule has 124 valence electrons. The summed E-state index contributed by atoms with van der Waals surface area (Å²) in [6, 6.07) is 8.97. The van der Waals surface area contributed by atoms with Gasteiger partial charge in [-0.25, -0.2) is 16.3 Å². The Hall–Kier alpha value is -3.04. The summed E-state index contributed by atoms with van der Waals surface area (Å²) >= 11 is 0. The Morgan fingerprint density at radius 1 is 1.33 bits per heavy atom. The molecule has 2 unspecified atom stereocenters. The maximum Gasteiger partial charge on any atom is 0.269 e. The number of hydrazine groups is 1. The van der Waals surface area contributed by atoms with Gasteiger partial charge in [0.1, 0.15) is 11.8 Å². The van der Waals surface area contributed by atoms with E-state index < -0.39 is 11.0 Å². The summed E-state index contributed by atoms with van der Waals surface area (Å²) < 4.78 is 5.30. The fraction of sp³-hybridized carbons (Fsp3) is 0.200. The van der Waals surface area contributed by atoms with Crippen LogP contribution >= 0.6 is 0 Å². The molecule has 2 atom stereocenters. The largest absolute Gasteiger partial charge is 0.468 e. The van der Waals surface area contributed by atoms with Crippen molar-refractivity contribution in [3.63, 3.8) is 0 Å². The molecule has 1 aromatic heterocycles.